The van der Waals surface area contributed by atoms with Crippen molar-refractivity contribution in [2.45, 2.75) is 25.3 Å². The van der Waals surface area contributed by atoms with Crippen molar-refractivity contribution in [1.29, 1.82) is 0 Å². The number of aromatic nitrogens is 2. The number of rotatable bonds is 6. The highest BCUT2D eigenvalue weighted by molar-refractivity contribution is 7.17. The second-order valence-electron chi connectivity index (χ2n) is 4.37. The van der Waals surface area contributed by atoms with E-state index in [1.54, 1.807) is 17.7 Å². The van der Waals surface area contributed by atoms with Gasteiger partial charge in [-0.2, -0.15) is 0 Å². The third-order valence-electron chi connectivity index (χ3n) is 2.90. The van der Waals surface area contributed by atoms with E-state index in [2.05, 4.69) is 26.0 Å². The van der Waals surface area contributed by atoms with Gasteiger partial charge in [0.25, 0.3) is 0 Å². The largest absolute Gasteiger partial charge is 0.369 e. The number of nitrogens with one attached hydrogen (secondary N) is 2. The molecule has 0 aliphatic heterocycles. The van der Waals surface area contributed by atoms with E-state index in [0.29, 0.717) is 0 Å². The molecule has 1 aliphatic rings. The third kappa shape index (κ3) is 2.73. The maximum atomic E-state index is 4.29. The molecule has 0 aromatic carbocycles. The minimum Gasteiger partial charge on any atom is -0.369 e. The van der Waals surface area contributed by atoms with Crippen LogP contribution in [0.25, 0.3) is 10.2 Å². The molecule has 4 nitrogen and oxygen atoms in total. The summed E-state index contributed by atoms with van der Waals surface area (Å²) in [7, 11) is 0. The molecule has 2 heterocycles. The van der Waals surface area contributed by atoms with E-state index >= 15 is 0 Å². The summed E-state index contributed by atoms with van der Waals surface area (Å²) < 4.78 is 1.16. The van der Waals surface area contributed by atoms with Gasteiger partial charge in [0.2, 0.25) is 0 Å². The summed E-state index contributed by atoms with van der Waals surface area (Å²) >= 11 is 1.69. The van der Waals surface area contributed by atoms with Crippen LogP contribution < -0.4 is 10.6 Å². The summed E-state index contributed by atoms with van der Waals surface area (Å²) in [6.45, 7) is 2.06. The van der Waals surface area contributed by atoms with Crippen molar-refractivity contribution in [2.24, 2.45) is 0 Å². The molecule has 0 atom stereocenters. The Morgan fingerprint density at radius 1 is 1.29 bits per heavy atom. The molecule has 0 bridgehead atoms. The average Bonchev–Trinajstić information content (AvgIpc) is 3.04. The number of hydrogen-bond donors (Lipinski definition) is 2. The van der Waals surface area contributed by atoms with Crippen molar-refractivity contribution in [3.8, 4) is 0 Å². The molecule has 90 valence electrons. The molecular weight excluding hydrogens is 232 g/mol. The van der Waals surface area contributed by atoms with Gasteiger partial charge in [-0.15, -0.1) is 11.3 Å². The van der Waals surface area contributed by atoms with Crippen LogP contribution in [0.3, 0.4) is 0 Å². The van der Waals surface area contributed by atoms with Gasteiger partial charge >= 0.3 is 0 Å². The van der Waals surface area contributed by atoms with Gasteiger partial charge in [-0.05, 0) is 37.3 Å². The van der Waals surface area contributed by atoms with Crippen molar-refractivity contribution < 1.29 is 0 Å². The second-order valence-corrected chi connectivity index (χ2v) is 5.28. The molecule has 1 saturated carbocycles. The number of nitrogens with zero attached hydrogens (tertiary/aromatic N) is 2. The molecule has 3 rings (SSSR count). The summed E-state index contributed by atoms with van der Waals surface area (Å²) in [5, 5.41) is 8.95. The maximum absolute atomic E-state index is 4.29. The van der Waals surface area contributed by atoms with Gasteiger partial charge in [0.05, 0.1) is 10.2 Å². The Morgan fingerprint density at radius 3 is 3.12 bits per heavy atom. The zero-order valence-corrected chi connectivity index (χ0v) is 10.5. The molecule has 2 N–H and O–H groups in total. The van der Waals surface area contributed by atoms with Crippen LogP contribution in [-0.4, -0.2) is 29.1 Å². The van der Waals surface area contributed by atoms with Crippen LogP contribution in [0.15, 0.2) is 17.8 Å². The molecule has 2 aromatic heterocycles. The van der Waals surface area contributed by atoms with Gasteiger partial charge in [-0.1, -0.05) is 0 Å². The van der Waals surface area contributed by atoms with Gasteiger partial charge in [-0.3, -0.25) is 0 Å². The minimum absolute atomic E-state index is 0.804. The topological polar surface area (TPSA) is 49.8 Å². The number of anilines is 1. The molecule has 1 fully saturated rings. The van der Waals surface area contributed by atoms with Gasteiger partial charge in [0.15, 0.2) is 0 Å². The predicted octanol–water partition coefficient (Wildman–Crippen LogP) is 2.25. The summed E-state index contributed by atoms with van der Waals surface area (Å²) in [4.78, 5) is 8.52. The van der Waals surface area contributed by atoms with Crippen molar-refractivity contribution in [1.82, 2.24) is 15.3 Å². The van der Waals surface area contributed by atoms with Crippen molar-refractivity contribution in [2.75, 3.05) is 18.4 Å². The summed E-state index contributed by atoms with van der Waals surface area (Å²) in [5.41, 5.74) is 1.03. The van der Waals surface area contributed by atoms with Crippen LogP contribution in [0.5, 0.6) is 0 Å². The molecule has 5 heteroatoms. The lowest BCUT2D eigenvalue weighted by molar-refractivity contribution is 0.658. The predicted molar refractivity (Wildman–Crippen MR) is 71.5 cm³/mol. The summed E-state index contributed by atoms with van der Waals surface area (Å²) in [6, 6.07) is 2.83. The Bertz CT molecular complexity index is 492. The molecule has 0 saturated heterocycles. The van der Waals surface area contributed by atoms with Gasteiger partial charge in [-0.25, -0.2) is 9.97 Å². The van der Waals surface area contributed by atoms with Crippen LogP contribution in [0.1, 0.15) is 19.3 Å². The molecule has 17 heavy (non-hydrogen) atoms. The van der Waals surface area contributed by atoms with Crippen LogP contribution in [0.2, 0.25) is 0 Å². The van der Waals surface area contributed by atoms with Crippen LogP contribution >= 0.6 is 11.3 Å². The van der Waals surface area contributed by atoms with E-state index in [9.17, 15) is 0 Å². The van der Waals surface area contributed by atoms with Crippen LogP contribution in [0.4, 0.5) is 5.82 Å². The lowest BCUT2D eigenvalue weighted by atomic mass is 10.4. The van der Waals surface area contributed by atoms with Gasteiger partial charge in [0.1, 0.15) is 12.1 Å². The van der Waals surface area contributed by atoms with Gasteiger partial charge in [0, 0.05) is 12.6 Å². The quantitative estimate of drug-likeness (QED) is 0.770. The molecule has 0 radical (unpaired) electrons. The normalized spacial score (nSPS) is 15.3. The Hall–Kier alpha value is -1.20. The first kappa shape index (κ1) is 10.9. The number of fused-ring (bicyclic) bond motifs is 1. The smallest absolute Gasteiger partial charge is 0.147 e. The fraction of sp³-hybridized carbons (Fsp3) is 0.500. The Kier molecular flexibility index (Phi) is 3.20. The Morgan fingerprint density at radius 2 is 2.24 bits per heavy atom. The monoisotopic (exact) mass is 248 g/mol. The molecule has 0 amide bonds. The third-order valence-corrected chi connectivity index (χ3v) is 3.81. The highest BCUT2D eigenvalue weighted by Crippen LogP contribution is 2.24. The van der Waals surface area contributed by atoms with Crippen LogP contribution in [0, 0.1) is 0 Å². The molecule has 0 spiro atoms. The van der Waals surface area contributed by atoms with E-state index < -0.39 is 0 Å². The minimum atomic E-state index is 0.804. The summed E-state index contributed by atoms with van der Waals surface area (Å²) in [6.07, 6.45) is 5.47. The molecular formula is C12H16N4S. The second kappa shape index (κ2) is 4.98. The number of hydrogen-bond acceptors (Lipinski definition) is 5. The fourth-order valence-electron chi connectivity index (χ4n) is 1.80. The summed E-state index contributed by atoms with van der Waals surface area (Å²) in [5.74, 6) is 0.969. The van der Waals surface area contributed by atoms with Crippen molar-refractivity contribution >= 4 is 27.4 Å². The maximum Gasteiger partial charge on any atom is 0.147 e. The van der Waals surface area contributed by atoms with Gasteiger partial charge < -0.3 is 10.6 Å². The zero-order chi connectivity index (χ0) is 11.5. The van der Waals surface area contributed by atoms with E-state index in [0.717, 1.165) is 41.6 Å². The average molecular weight is 248 g/mol. The van der Waals surface area contributed by atoms with E-state index in [-0.39, 0.29) is 0 Å². The van der Waals surface area contributed by atoms with Crippen molar-refractivity contribution in [3.05, 3.63) is 17.8 Å². The SMILES string of the molecule is c1nc(NCCCNC2CC2)c2sccc2n1. The fourth-order valence-corrected chi connectivity index (χ4v) is 2.61. The first-order chi connectivity index (χ1) is 8.43. The Balaban J connectivity index is 1.51. The Labute approximate surface area is 104 Å². The molecule has 2 aromatic rings. The first-order valence-corrected chi connectivity index (χ1v) is 6.97. The first-order valence-electron chi connectivity index (χ1n) is 6.09. The van der Waals surface area contributed by atoms with E-state index in [4.69, 9.17) is 0 Å². The lowest BCUT2D eigenvalue weighted by Crippen LogP contribution is -2.20. The standard InChI is InChI=1S/C12H16N4S/c1(5-13-9-2-3-9)6-14-12-11-10(4-7-17-11)15-8-16-12/h4,7-9,13H,1-3,5-6H2,(H,14,15,16). The van der Waals surface area contributed by atoms with Crippen LogP contribution in [-0.2, 0) is 0 Å². The highest BCUT2D eigenvalue weighted by Gasteiger charge is 2.19. The number of thiophene rings is 1. The van der Waals surface area contributed by atoms with E-state index in [1.165, 1.54) is 12.8 Å². The molecule has 0 unspecified atom stereocenters. The highest BCUT2D eigenvalue weighted by atomic mass is 32.1. The van der Waals surface area contributed by atoms with E-state index in [1.807, 2.05) is 6.07 Å². The zero-order valence-electron chi connectivity index (χ0n) is 9.65. The van der Waals surface area contributed by atoms with Crippen molar-refractivity contribution in [3.63, 3.8) is 0 Å². The lowest BCUT2D eigenvalue weighted by Gasteiger charge is -2.06. The molecule has 1 aliphatic carbocycles.